The van der Waals surface area contributed by atoms with Crippen molar-refractivity contribution in [2.45, 2.75) is 32.4 Å². The number of H-pyrrole nitrogens is 1. The predicted octanol–water partition coefficient (Wildman–Crippen LogP) is 4.40. The number of aromatic nitrogens is 3. The van der Waals surface area contributed by atoms with Crippen molar-refractivity contribution in [1.29, 1.82) is 0 Å². The van der Waals surface area contributed by atoms with Gasteiger partial charge in [0.15, 0.2) is 0 Å². The molecule has 0 bridgehead atoms. The average molecular weight is 389 g/mol. The van der Waals surface area contributed by atoms with Gasteiger partial charge in [0.2, 0.25) is 0 Å². The molecule has 0 amide bonds. The Morgan fingerprint density at radius 1 is 1.35 bits per heavy atom. The summed E-state index contributed by atoms with van der Waals surface area (Å²) >= 11 is 7.67. The first-order chi connectivity index (χ1) is 12.7. The molecule has 1 saturated heterocycles. The van der Waals surface area contributed by atoms with Crippen LogP contribution in [0.1, 0.15) is 33.6 Å². The Balaban J connectivity index is 1.31. The first kappa shape index (κ1) is 17.5. The van der Waals surface area contributed by atoms with Crippen LogP contribution in [0, 0.1) is 6.92 Å². The molecule has 0 unspecified atom stereocenters. The molecule has 1 aliphatic rings. The highest BCUT2D eigenvalue weighted by Crippen LogP contribution is 2.28. The Bertz CT molecular complexity index is 861. The van der Waals surface area contributed by atoms with E-state index in [1.54, 1.807) is 11.3 Å². The van der Waals surface area contributed by atoms with Gasteiger partial charge in [0.25, 0.3) is 0 Å². The minimum Gasteiger partial charge on any atom is -0.487 e. The molecule has 1 fully saturated rings. The number of hydrogen-bond donors (Lipinski definition) is 1. The van der Waals surface area contributed by atoms with E-state index in [0.717, 1.165) is 48.2 Å². The second kappa shape index (κ2) is 7.78. The first-order valence-corrected chi connectivity index (χ1v) is 9.91. The van der Waals surface area contributed by atoms with E-state index in [2.05, 4.69) is 33.1 Å². The number of benzene rings is 1. The van der Waals surface area contributed by atoms with Gasteiger partial charge in [-0.2, -0.15) is 5.10 Å². The zero-order valence-corrected chi connectivity index (χ0v) is 16.2. The van der Waals surface area contributed by atoms with Crippen molar-refractivity contribution in [3.8, 4) is 5.75 Å². The van der Waals surface area contributed by atoms with E-state index in [1.165, 1.54) is 4.88 Å². The second-order valence-electron chi connectivity index (χ2n) is 6.63. The molecule has 0 radical (unpaired) electrons. The maximum Gasteiger partial charge on any atom is 0.130 e. The van der Waals surface area contributed by atoms with E-state index < -0.39 is 0 Å². The summed E-state index contributed by atoms with van der Waals surface area (Å²) in [5.74, 6) is 1.28. The average Bonchev–Trinajstić information content (AvgIpc) is 3.36. The maximum absolute atomic E-state index is 5.89. The minimum atomic E-state index is 0.476. The fourth-order valence-electron chi connectivity index (χ4n) is 3.27. The maximum atomic E-state index is 5.89. The number of nitrogens with zero attached hydrogens (tertiary/aromatic N) is 3. The lowest BCUT2D eigenvalue weighted by molar-refractivity contribution is 0.301. The normalized spacial score (nSPS) is 17.7. The molecule has 0 spiro atoms. The van der Waals surface area contributed by atoms with Gasteiger partial charge < -0.3 is 4.74 Å². The lowest BCUT2D eigenvalue weighted by atomic mass is 10.1. The topological polar surface area (TPSA) is 54.0 Å². The van der Waals surface area contributed by atoms with Gasteiger partial charge in [0.05, 0.1) is 16.4 Å². The van der Waals surface area contributed by atoms with Crippen LogP contribution in [-0.2, 0) is 13.2 Å². The van der Waals surface area contributed by atoms with Crippen LogP contribution in [0.5, 0.6) is 5.75 Å². The number of rotatable bonds is 6. The summed E-state index contributed by atoms with van der Waals surface area (Å²) in [5, 5.41) is 9.45. The van der Waals surface area contributed by atoms with Crippen molar-refractivity contribution < 1.29 is 4.74 Å². The summed E-state index contributed by atoms with van der Waals surface area (Å²) in [6.07, 6.45) is 3.13. The highest BCUT2D eigenvalue weighted by atomic mass is 35.5. The first-order valence-electron chi connectivity index (χ1n) is 8.72. The van der Waals surface area contributed by atoms with Gasteiger partial charge in [0.1, 0.15) is 12.4 Å². The summed E-state index contributed by atoms with van der Waals surface area (Å²) in [6.45, 7) is 5.66. The van der Waals surface area contributed by atoms with Crippen molar-refractivity contribution >= 4 is 22.9 Å². The number of likely N-dealkylation sites (tertiary alicyclic amines) is 1. The standard InChI is InChI=1S/C19H21ClN4OS/c1-13-21-9-18(26-13)11-24-7-6-14(10-24)19-8-16(22-23-19)12-25-17-4-2-15(20)3-5-17/h2-5,8-9,14H,6-7,10-12H2,1H3,(H,22,23)/t14-/m1/s1. The highest BCUT2D eigenvalue weighted by molar-refractivity contribution is 7.11. The zero-order valence-electron chi connectivity index (χ0n) is 14.6. The van der Waals surface area contributed by atoms with E-state index in [1.807, 2.05) is 30.5 Å². The van der Waals surface area contributed by atoms with E-state index in [9.17, 15) is 0 Å². The van der Waals surface area contributed by atoms with Crippen LogP contribution in [-0.4, -0.2) is 33.2 Å². The monoisotopic (exact) mass is 388 g/mol. The van der Waals surface area contributed by atoms with Crippen LogP contribution >= 0.6 is 22.9 Å². The molecule has 1 aliphatic heterocycles. The fraction of sp³-hybridized carbons (Fsp3) is 0.368. The molecular formula is C19H21ClN4OS. The van der Waals surface area contributed by atoms with Gasteiger partial charge in [-0.15, -0.1) is 11.3 Å². The lowest BCUT2D eigenvalue weighted by Crippen LogP contribution is -2.19. The van der Waals surface area contributed by atoms with Crippen LogP contribution in [0.3, 0.4) is 0 Å². The Labute approximate surface area is 162 Å². The molecule has 5 nitrogen and oxygen atoms in total. The number of aromatic amines is 1. The van der Waals surface area contributed by atoms with Crippen LogP contribution in [0.2, 0.25) is 5.02 Å². The summed E-state index contributed by atoms with van der Waals surface area (Å²) in [4.78, 5) is 8.16. The van der Waals surface area contributed by atoms with Crippen molar-refractivity contribution in [3.05, 3.63) is 62.8 Å². The number of aryl methyl sites for hydroxylation is 1. The Hall–Kier alpha value is -1.89. The van der Waals surface area contributed by atoms with E-state index >= 15 is 0 Å². The second-order valence-corrected chi connectivity index (χ2v) is 8.38. The van der Waals surface area contributed by atoms with Gasteiger partial charge in [-0.05, 0) is 50.2 Å². The summed E-state index contributed by atoms with van der Waals surface area (Å²) in [5.41, 5.74) is 2.12. The number of nitrogens with one attached hydrogen (secondary N) is 1. The summed E-state index contributed by atoms with van der Waals surface area (Å²) < 4.78 is 5.78. The molecule has 1 atom stereocenters. The number of thiazole rings is 1. The predicted molar refractivity (Wildman–Crippen MR) is 104 cm³/mol. The van der Waals surface area contributed by atoms with Gasteiger partial charge in [-0.3, -0.25) is 10.00 Å². The van der Waals surface area contributed by atoms with Crippen LogP contribution in [0.4, 0.5) is 0 Å². The number of ether oxygens (including phenoxy) is 1. The third-order valence-electron chi connectivity index (χ3n) is 4.60. The van der Waals surface area contributed by atoms with Crippen LogP contribution in [0.15, 0.2) is 36.5 Å². The van der Waals surface area contributed by atoms with Crippen LogP contribution < -0.4 is 4.74 Å². The molecule has 2 aromatic heterocycles. The lowest BCUT2D eigenvalue weighted by Gasteiger charge is -2.13. The zero-order chi connectivity index (χ0) is 17.9. The van der Waals surface area contributed by atoms with Crippen LogP contribution in [0.25, 0.3) is 0 Å². The molecule has 4 rings (SSSR count). The van der Waals surface area contributed by atoms with E-state index in [0.29, 0.717) is 17.5 Å². The molecule has 0 saturated carbocycles. The largest absolute Gasteiger partial charge is 0.487 e. The Morgan fingerprint density at radius 3 is 2.96 bits per heavy atom. The molecule has 3 aromatic rings. The molecule has 136 valence electrons. The van der Waals surface area contributed by atoms with E-state index in [-0.39, 0.29) is 0 Å². The third-order valence-corrected chi connectivity index (χ3v) is 5.75. The van der Waals surface area contributed by atoms with Gasteiger partial charge >= 0.3 is 0 Å². The summed E-state index contributed by atoms with van der Waals surface area (Å²) in [7, 11) is 0. The van der Waals surface area contributed by atoms with Crippen molar-refractivity contribution in [3.63, 3.8) is 0 Å². The van der Waals surface area contributed by atoms with E-state index in [4.69, 9.17) is 16.3 Å². The number of halogens is 1. The van der Waals surface area contributed by atoms with Crippen molar-refractivity contribution in [2.75, 3.05) is 13.1 Å². The number of hydrogen-bond acceptors (Lipinski definition) is 5. The molecule has 26 heavy (non-hydrogen) atoms. The Kier molecular flexibility index (Phi) is 5.24. The quantitative estimate of drug-likeness (QED) is 0.680. The molecule has 0 aliphatic carbocycles. The third kappa shape index (κ3) is 4.26. The highest BCUT2D eigenvalue weighted by Gasteiger charge is 2.26. The van der Waals surface area contributed by atoms with Crippen molar-refractivity contribution in [2.24, 2.45) is 0 Å². The molecule has 7 heteroatoms. The summed E-state index contributed by atoms with van der Waals surface area (Å²) in [6, 6.07) is 9.52. The molecular weight excluding hydrogens is 368 g/mol. The smallest absolute Gasteiger partial charge is 0.130 e. The molecule has 1 N–H and O–H groups in total. The Morgan fingerprint density at radius 2 is 2.19 bits per heavy atom. The molecule has 1 aromatic carbocycles. The van der Waals surface area contributed by atoms with Crippen molar-refractivity contribution in [1.82, 2.24) is 20.1 Å². The van der Waals surface area contributed by atoms with Gasteiger partial charge in [-0.25, -0.2) is 4.98 Å². The van der Waals surface area contributed by atoms with Gasteiger partial charge in [-0.1, -0.05) is 11.6 Å². The fourth-order valence-corrected chi connectivity index (χ4v) is 4.23. The van der Waals surface area contributed by atoms with Gasteiger partial charge in [0, 0.05) is 35.1 Å². The minimum absolute atomic E-state index is 0.476. The SMILES string of the molecule is Cc1ncc(CN2CC[C@@H](c3cc(COc4ccc(Cl)cc4)[nH]n3)C2)s1. The molecule has 3 heterocycles.